The highest BCUT2D eigenvalue weighted by Gasteiger charge is 2.08. The number of nitrogens with one attached hydrogen (secondary N) is 1. The van der Waals surface area contributed by atoms with Crippen molar-refractivity contribution in [2.24, 2.45) is 0 Å². The van der Waals surface area contributed by atoms with Crippen molar-refractivity contribution in [2.75, 3.05) is 18.2 Å². The number of carbonyl (C=O) groups excluding carboxylic acids is 1. The van der Waals surface area contributed by atoms with Crippen LogP contribution in [0.4, 0.5) is 5.69 Å². The topological polar surface area (TPSA) is 64.1 Å². The predicted molar refractivity (Wildman–Crippen MR) is 105 cm³/mol. The van der Waals surface area contributed by atoms with Gasteiger partial charge in [0.25, 0.3) is 5.91 Å². The number of methoxy groups -OCH3 is 1. The van der Waals surface area contributed by atoms with Gasteiger partial charge in [0.05, 0.1) is 12.8 Å². The van der Waals surface area contributed by atoms with E-state index in [1.54, 1.807) is 43.1 Å². The Kier molecular flexibility index (Phi) is 5.86. The number of rotatable bonds is 6. The number of aromatic nitrogens is 2. The summed E-state index contributed by atoms with van der Waals surface area (Å²) in [6.45, 7) is 2.08. The molecule has 1 heterocycles. The summed E-state index contributed by atoms with van der Waals surface area (Å²) in [7, 11) is 1.58. The fourth-order valence-corrected chi connectivity index (χ4v) is 2.98. The molecule has 1 N–H and O–H groups in total. The van der Waals surface area contributed by atoms with Crippen molar-refractivity contribution >= 4 is 23.4 Å². The Morgan fingerprint density at radius 2 is 1.92 bits per heavy atom. The molecule has 2 aromatic carbocycles. The molecule has 5 nitrogen and oxygen atoms in total. The predicted octanol–water partition coefficient (Wildman–Crippen LogP) is 4.52. The lowest BCUT2D eigenvalue weighted by molar-refractivity contribution is 0.102. The second kappa shape index (κ2) is 8.49. The molecule has 0 spiro atoms. The van der Waals surface area contributed by atoms with Crippen molar-refractivity contribution in [2.45, 2.75) is 11.9 Å². The summed E-state index contributed by atoms with van der Waals surface area (Å²) in [5.41, 5.74) is 2.90. The van der Waals surface area contributed by atoms with Crippen molar-refractivity contribution in [3.63, 3.8) is 0 Å². The van der Waals surface area contributed by atoms with Crippen LogP contribution >= 0.6 is 11.8 Å². The third-order valence-corrected chi connectivity index (χ3v) is 4.48. The van der Waals surface area contributed by atoms with E-state index in [-0.39, 0.29) is 5.91 Å². The number of amides is 1. The number of nitrogens with zero attached hydrogens (tertiary/aromatic N) is 2. The summed E-state index contributed by atoms with van der Waals surface area (Å²) in [4.78, 5) is 12.4. The summed E-state index contributed by atoms with van der Waals surface area (Å²) in [6, 6.07) is 18.5. The van der Waals surface area contributed by atoms with Crippen LogP contribution in [0.2, 0.25) is 0 Å². The van der Waals surface area contributed by atoms with Gasteiger partial charge in [-0.1, -0.05) is 25.1 Å². The van der Waals surface area contributed by atoms with E-state index < -0.39 is 0 Å². The van der Waals surface area contributed by atoms with Crippen LogP contribution in [0.3, 0.4) is 0 Å². The first-order valence-electron chi connectivity index (χ1n) is 8.22. The Bertz CT molecular complexity index is 898. The maximum Gasteiger partial charge on any atom is 0.255 e. The zero-order valence-electron chi connectivity index (χ0n) is 14.6. The third-order valence-electron chi connectivity index (χ3n) is 3.68. The van der Waals surface area contributed by atoms with Gasteiger partial charge in [0.15, 0.2) is 0 Å². The molecular formula is C20H19N3O2S. The minimum absolute atomic E-state index is 0.193. The van der Waals surface area contributed by atoms with Gasteiger partial charge in [-0.2, -0.15) is 0 Å². The molecule has 3 aromatic rings. The lowest BCUT2D eigenvalue weighted by Gasteiger charge is -2.08. The van der Waals surface area contributed by atoms with Gasteiger partial charge in [0, 0.05) is 16.8 Å². The Morgan fingerprint density at radius 3 is 2.65 bits per heavy atom. The summed E-state index contributed by atoms with van der Waals surface area (Å²) < 4.78 is 5.16. The lowest BCUT2D eigenvalue weighted by atomic mass is 10.1. The number of benzene rings is 2. The zero-order chi connectivity index (χ0) is 18.4. The average Bonchev–Trinajstić information content (AvgIpc) is 2.69. The quantitative estimate of drug-likeness (QED) is 0.651. The first kappa shape index (κ1) is 17.9. The van der Waals surface area contributed by atoms with Crippen molar-refractivity contribution in [3.8, 4) is 17.0 Å². The molecule has 0 saturated carbocycles. The van der Waals surface area contributed by atoms with E-state index in [9.17, 15) is 4.79 Å². The minimum atomic E-state index is -0.193. The Morgan fingerprint density at radius 1 is 1.08 bits per heavy atom. The van der Waals surface area contributed by atoms with E-state index in [0.717, 1.165) is 22.0 Å². The van der Waals surface area contributed by atoms with E-state index in [1.165, 1.54) is 0 Å². The molecule has 0 aliphatic rings. The smallest absolute Gasteiger partial charge is 0.255 e. The van der Waals surface area contributed by atoms with Crippen LogP contribution in [0.25, 0.3) is 11.3 Å². The van der Waals surface area contributed by atoms with Crippen LogP contribution in [0.15, 0.2) is 65.7 Å². The molecule has 0 bridgehead atoms. The van der Waals surface area contributed by atoms with E-state index in [1.807, 2.05) is 36.4 Å². The molecule has 6 heteroatoms. The van der Waals surface area contributed by atoms with Crippen molar-refractivity contribution in [3.05, 3.63) is 66.2 Å². The lowest BCUT2D eigenvalue weighted by Crippen LogP contribution is -2.11. The van der Waals surface area contributed by atoms with Crippen molar-refractivity contribution < 1.29 is 9.53 Å². The molecule has 0 fully saturated rings. The Hall–Kier alpha value is -2.86. The van der Waals surface area contributed by atoms with E-state index in [4.69, 9.17) is 4.74 Å². The normalized spacial score (nSPS) is 10.4. The first-order valence-corrected chi connectivity index (χ1v) is 9.20. The zero-order valence-corrected chi connectivity index (χ0v) is 15.4. The number of hydrogen-bond acceptors (Lipinski definition) is 5. The second-order valence-electron chi connectivity index (χ2n) is 5.46. The minimum Gasteiger partial charge on any atom is -0.497 e. The highest BCUT2D eigenvalue weighted by Crippen LogP contribution is 2.23. The second-order valence-corrected chi connectivity index (χ2v) is 6.74. The van der Waals surface area contributed by atoms with Gasteiger partial charge >= 0.3 is 0 Å². The van der Waals surface area contributed by atoms with Crippen LogP contribution in [0, 0.1) is 0 Å². The number of hydrogen-bond donors (Lipinski definition) is 1. The molecule has 1 aromatic heterocycles. The maximum atomic E-state index is 12.4. The van der Waals surface area contributed by atoms with Crippen LogP contribution in [0.1, 0.15) is 17.3 Å². The Labute approximate surface area is 156 Å². The number of thioether (sulfide) groups is 1. The standard InChI is InChI=1S/C20H19N3O2S/c1-3-26-19-11-10-18(22-23-19)14-6-4-8-16(12-14)21-20(24)15-7-5-9-17(13-15)25-2/h4-13H,3H2,1-2H3,(H,21,24). The summed E-state index contributed by atoms with van der Waals surface area (Å²) in [5, 5.41) is 12.3. The molecule has 0 atom stereocenters. The Balaban J connectivity index is 1.77. The van der Waals surface area contributed by atoms with Gasteiger partial charge in [0.1, 0.15) is 10.8 Å². The van der Waals surface area contributed by atoms with Gasteiger partial charge in [0.2, 0.25) is 0 Å². The fourth-order valence-electron chi connectivity index (χ4n) is 2.42. The third kappa shape index (κ3) is 4.40. The molecule has 0 radical (unpaired) electrons. The highest BCUT2D eigenvalue weighted by molar-refractivity contribution is 7.99. The van der Waals surface area contributed by atoms with E-state index in [0.29, 0.717) is 17.0 Å². The van der Waals surface area contributed by atoms with Crippen LogP contribution in [-0.4, -0.2) is 29.0 Å². The molecular weight excluding hydrogens is 346 g/mol. The van der Waals surface area contributed by atoms with E-state index >= 15 is 0 Å². The van der Waals surface area contributed by atoms with Gasteiger partial charge < -0.3 is 10.1 Å². The molecule has 3 rings (SSSR count). The van der Waals surface area contributed by atoms with Crippen molar-refractivity contribution in [1.29, 1.82) is 0 Å². The molecule has 0 unspecified atom stereocenters. The van der Waals surface area contributed by atoms with E-state index in [2.05, 4.69) is 22.4 Å². The molecule has 0 aliphatic heterocycles. The number of anilines is 1. The average molecular weight is 365 g/mol. The van der Waals surface area contributed by atoms with Gasteiger partial charge in [-0.3, -0.25) is 4.79 Å². The summed E-state index contributed by atoms with van der Waals surface area (Å²) >= 11 is 1.65. The maximum absolute atomic E-state index is 12.4. The molecule has 0 saturated heterocycles. The fraction of sp³-hybridized carbons (Fsp3) is 0.150. The molecule has 1 amide bonds. The molecule has 0 aliphatic carbocycles. The van der Waals surface area contributed by atoms with Crippen LogP contribution in [-0.2, 0) is 0 Å². The van der Waals surface area contributed by atoms with Gasteiger partial charge in [-0.05, 0) is 48.2 Å². The van der Waals surface area contributed by atoms with Crippen LogP contribution < -0.4 is 10.1 Å². The van der Waals surface area contributed by atoms with Gasteiger partial charge in [-0.15, -0.1) is 22.0 Å². The monoisotopic (exact) mass is 365 g/mol. The summed E-state index contributed by atoms with van der Waals surface area (Å²) in [6.07, 6.45) is 0. The largest absolute Gasteiger partial charge is 0.497 e. The van der Waals surface area contributed by atoms with Gasteiger partial charge in [-0.25, -0.2) is 0 Å². The number of ether oxygens (including phenoxy) is 1. The summed E-state index contributed by atoms with van der Waals surface area (Å²) in [5.74, 6) is 1.41. The van der Waals surface area contributed by atoms with Crippen LogP contribution in [0.5, 0.6) is 5.75 Å². The van der Waals surface area contributed by atoms with Crippen molar-refractivity contribution in [1.82, 2.24) is 10.2 Å². The first-order chi connectivity index (χ1) is 12.7. The molecule has 132 valence electrons. The highest BCUT2D eigenvalue weighted by atomic mass is 32.2. The number of carbonyl (C=O) groups is 1. The SMILES string of the molecule is CCSc1ccc(-c2cccc(NC(=O)c3cccc(OC)c3)c2)nn1. The molecule has 26 heavy (non-hydrogen) atoms.